The fourth-order valence-corrected chi connectivity index (χ4v) is 2.42. The van der Waals surface area contributed by atoms with Crippen molar-refractivity contribution in [3.63, 3.8) is 0 Å². The lowest BCUT2D eigenvalue weighted by Crippen LogP contribution is -1.97. The first-order valence-corrected chi connectivity index (χ1v) is 6.33. The van der Waals surface area contributed by atoms with Crippen molar-refractivity contribution in [2.75, 3.05) is 0 Å². The number of hydrogen-bond donors (Lipinski definition) is 0. The molecule has 0 fully saturated rings. The molecule has 0 aromatic heterocycles. The van der Waals surface area contributed by atoms with Crippen molar-refractivity contribution in [1.29, 1.82) is 0 Å². The quantitative estimate of drug-likeness (QED) is 0.754. The largest absolute Gasteiger partial charge is 0.303 e. The molecule has 0 spiro atoms. The van der Waals surface area contributed by atoms with Crippen molar-refractivity contribution in [2.45, 2.75) is 27.2 Å². The van der Waals surface area contributed by atoms with Crippen molar-refractivity contribution in [3.8, 4) is 11.1 Å². The minimum Gasteiger partial charge on any atom is -0.303 e. The van der Waals surface area contributed by atoms with Crippen LogP contribution >= 0.6 is 0 Å². The fraction of sp³-hybridized carbons (Fsp3) is 0.235. The Balaban J connectivity index is 2.65. The molecule has 0 aliphatic rings. The zero-order valence-corrected chi connectivity index (χ0v) is 11.5. The molecule has 0 amide bonds. The van der Waals surface area contributed by atoms with E-state index in [0.29, 0.717) is 12.0 Å². The third kappa shape index (κ3) is 2.73. The van der Waals surface area contributed by atoms with Gasteiger partial charge in [-0.15, -0.1) is 0 Å². The standard InChI is InChI=1S/C17H17FO/c1-11-8-12(2)15(6-7-19)16(9-11)14-4-5-17(18)13(3)10-14/h4-5,7-10H,6H2,1-3H3. The van der Waals surface area contributed by atoms with E-state index in [1.54, 1.807) is 13.0 Å². The van der Waals surface area contributed by atoms with Gasteiger partial charge in [0.2, 0.25) is 0 Å². The van der Waals surface area contributed by atoms with E-state index in [2.05, 4.69) is 12.1 Å². The topological polar surface area (TPSA) is 17.1 Å². The van der Waals surface area contributed by atoms with Crippen molar-refractivity contribution < 1.29 is 9.18 Å². The molecule has 0 aliphatic carbocycles. The van der Waals surface area contributed by atoms with Crippen LogP contribution in [0.3, 0.4) is 0 Å². The molecule has 2 aromatic carbocycles. The zero-order chi connectivity index (χ0) is 14.0. The summed E-state index contributed by atoms with van der Waals surface area (Å²) in [7, 11) is 0. The predicted octanol–water partition coefficient (Wildman–Crippen LogP) is 4.16. The lowest BCUT2D eigenvalue weighted by Gasteiger charge is -2.13. The molecule has 0 heterocycles. The van der Waals surface area contributed by atoms with E-state index in [1.165, 1.54) is 6.07 Å². The van der Waals surface area contributed by atoms with Gasteiger partial charge in [-0.2, -0.15) is 0 Å². The van der Waals surface area contributed by atoms with E-state index < -0.39 is 0 Å². The normalized spacial score (nSPS) is 10.5. The van der Waals surface area contributed by atoms with Crippen LogP contribution in [0.5, 0.6) is 0 Å². The summed E-state index contributed by atoms with van der Waals surface area (Å²) >= 11 is 0. The summed E-state index contributed by atoms with van der Waals surface area (Å²) in [5, 5.41) is 0. The minimum absolute atomic E-state index is 0.204. The second-order valence-electron chi connectivity index (χ2n) is 4.94. The van der Waals surface area contributed by atoms with Crippen LogP contribution in [0.4, 0.5) is 4.39 Å². The van der Waals surface area contributed by atoms with Crippen LogP contribution in [0, 0.1) is 26.6 Å². The third-order valence-electron chi connectivity index (χ3n) is 3.37. The zero-order valence-electron chi connectivity index (χ0n) is 11.5. The molecule has 0 N–H and O–H groups in total. The SMILES string of the molecule is Cc1cc(C)c(CC=O)c(-c2ccc(F)c(C)c2)c1. The fourth-order valence-electron chi connectivity index (χ4n) is 2.42. The maximum absolute atomic E-state index is 13.4. The van der Waals surface area contributed by atoms with Crippen LogP contribution in [0.2, 0.25) is 0 Å². The van der Waals surface area contributed by atoms with Crippen LogP contribution in [0.15, 0.2) is 30.3 Å². The summed E-state index contributed by atoms with van der Waals surface area (Å²) in [6, 6.07) is 9.20. The number of rotatable bonds is 3. The van der Waals surface area contributed by atoms with Crippen molar-refractivity contribution >= 4 is 6.29 Å². The van der Waals surface area contributed by atoms with E-state index in [4.69, 9.17) is 0 Å². The molecule has 2 aromatic rings. The summed E-state index contributed by atoms with van der Waals surface area (Å²) in [4.78, 5) is 10.9. The number of carbonyl (C=O) groups excluding carboxylic acids is 1. The molecule has 1 nitrogen and oxygen atoms in total. The molecular weight excluding hydrogens is 239 g/mol. The molecule has 0 unspecified atom stereocenters. The smallest absolute Gasteiger partial charge is 0.126 e. The molecule has 2 heteroatoms. The molecule has 0 saturated carbocycles. The number of aryl methyl sites for hydroxylation is 3. The van der Waals surface area contributed by atoms with Gasteiger partial charge in [-0.3, -0.25) is 0 Å². The van der Waals surface area contributed by atoms with Gasteiger partial charge in [0.1, 0.15) is 12.1 Å². The average molecular weight is 256 g/mol. The molecule has 0 atom stereocenters. The minimum atomic E-state index is -0.204. The van der Waals surface area contributed by atoms with Crippen molar-refractivity contribution in [3.05, 3.63) is 58.4 Å². The molecule has 2 rings (SSSR count). The van der Waals surface area contributed by atoms with Crippen LogP contribution in [0.1, 0.15) is 22.3 Å². The number of halogens is 1. The predicted molar refractivity (Wildman–Crippen MR) is 75.8 cm³/mol. The monoisotopic (exact) mass is 256 g/mol. The van der Waals surface area contributed by atoms with Gasteiger partial charge < -0.3 is 4.79 Å². The molecule has 98 valence electrons. The Morgan fingerprint density at radius 1 is 1.05 bits per heavy atom. The number of benzene rings is 2. The number of aldehydes is 1. The Morgan fingerprint density at radius 3 is 2.42 bits per heavy atom. The Bertz CT molecular complexity index is 629. The van der Waals surface area contributed by atoms with Crippen molar-refractivity contribution in [2.24, 2.45) is 0 Å². The average Bonchev–Trinajstić information content (AvgIpc) is 2.36. The maximum Gasteiger partial charge on any atom is 0.126 e. The van der Waals surface area contributed by atoms with E-state index in [1.807, 2.05) is 19.9 Å². The Kier molecular flexibility index (Phi) is 3.79. The highest BCUT2D eigenvalue weighted by Crippen LogP contribution is 2.29. The Morgan fingerprint density at radius 2 is 1.79 bits per heavy atom. The number of carbonyl (C=O) groups is 1. The Labute approximate surface area is 113 Å². The van der Waals surface area contributed by atoms with Crippen LogP contribution in [-0.4, -0.2) is 6.29 Å². The number of hydrogen-bond acceptors (Lipinski definition) is 1. The molecule has 0 aliphatic heterocycles. The van der Waals surface area contributed by atoms with Gasteiger partial charge in [0.25, 0.3) is 0 Å². The first kappa shape index (κ1) is 13.5. The summed E-state index contributed by atoms with van der Waals surface area (Å²) in [5.74, 6) is -0.204. The summed E-state index contributed by atoms with van der Waals surface area (Å²) in [5.41, 5.74) is 5.86. The second kappa shape index (κ2) is 5.35. The van der Waals surface area contributed by atoms with E-state index in [0.717, 1.165) is 34.1 Å². The summed E-state index contributed by atoms with van der Waals surface area (Å²) in [6.07, 6.45) is 1.30. The van der Waals surface area contributed by atoms with Crippen LogP contribution in [-0.2, 0) is 11.2 Å². The van der Waals surface area contributed by atoms with Gasteiger partial charge in [-0.05, 0) is 60.7 Å². The molecule has 0 radical (unpaired) electrons. The van der Waals surface area contributed by atoms with E-state index in [9.17, 15) is 9.18 Å². The summed E-state index contributed by atoms with van der Waals surface area (Å²) in [6.45, 7) is 5.78. The lowest BCUT2D eigenvalue weighted by atomic mass is 9.91. The van der Waals surface area contributed by atoms with Gasteiger partial charge in [0.05, 0.1) is 0 Å². The first-order chi connectivity index (χ1) is 9.02. The maximum atomic E-state index is 13.4. The molecule has 0 saturated heterocycles. The van der Waals surface area contributed by atoms with E-state index >= 15 is 0 Å². The summed E-state index contributed by atoms with van der Waals surface area (Å²) < 4.78 is 13.4. The molecule has 19 heavy (non-hydrogen) atoms. The van der Waals surface area contributed by atoms with Gasteiger partial charge in [0, 0.05) is 6.42 Å². The van der Waals surface area contributed by atoms with Gasteiger partial charge in [-0.25, -0.2) is 4.39 Å². The molecular formula is C17H17FO. The lowest BCUT2D eigenvalue weighted by molar-refractivity contribution is -0.107. The van der Waals surface area contributed by atoms with E-state index in [-0.39, 0.29) is 5.82 Å². The highest BCUT2D eigenvalue weighted by atomic mass is 19.1. The van der Waals surface area contributed by atoms with Gasteiger partial charge in [0.15, 0.2) is 0 Å². The molecule has 0 bridgehead atoms. The Hall–Kier alpha value is -1.96. The van der Waals surface area contributed by atoms with Gasteiger partial charge >= 0.3 is 0 Å². The van der Waals surface area contributed by atoms with Gasteiger partial charge in [-0.1, -0.05) is 23.8 Å². The second-order valence-corrected chi connectivity index (χ2v) is 4.94. The van der Waals surface area contributed by atoms with Crippen molar-refractivity contribution in [1.82, 2.24) is 0 Å². The highest BCUT2D eigenvalue weighted by Gasteiger charge is 2.10. The van der Waals surface area contributed by atoms with Crippen LogP contribution < -0.4 is 0 Å². The third-order valence-corrected chi connectivity index (χ3v) is 3.37. The highest BCUT2D eigenvalue weighted by molar-refractivity contribution is 5.74. The first-order valence-electron chi connectivity index (χ1n) is 6.33. The van der Waals surface area contributed by atoms with Crippen LogP contribution in [0.25, 0.3) is 11.1 Å².